The van der Waals surface area contributed by atoms with E-state index in [2.05, 4.69) is 21.5 Å². The molecule has 2 aromatic rings. The van der Waals surface area contributed by atoms with E-state index in [9.17, 15) is 4.79 Å². The first-order chi connectivity index (χ1) is 9.26. The number of fused-ring (bicyclic) bond motifs is 1. The third-order valence-corrected chi connectivity index (χ3v) is 3.58. The molecule has 0 unspecified atom stereocenters. The van der Waals surface area contributed by atoms with Gasteiger partial charge in [0.15, 0.2) is 5.65 Å². The molecule has 3 rings (SSSR count). The van der Waals surface area contributed by atoms with Crippen molar-refractivity contribution in [3.05, 3.63) is 36.8 Å². The zero-order valence-corrected chi connectivity index (χ0v) is 12.2. The number of aromatic nitrogens is 3. The van der Waals surface area contributed by atoms with Crippen LogP contribution in [-0.2, 0) is 11.2 Å². The molecule has 0 saturated carbocycles. The van der Waals surface area contributed by atoms with Gasteiger partial charge in [0.25, 0.3) is 0 Å². The molecular weight excluding hydrogens is 272 g/mol. The lowest BCUT2D eigenvalue weighted by Crippen LogP contribution is -2.26. The zero-order valence-electron chi connectivity index (χ0n) is 11.2. The Balaban J connectivity index is 0.00000147. The summed E-state index contributed by atoms with van der Waals surface area (Å²) in [5.74, 6) is 0.490. The number of nitrogens with one attached hydrogen (secondary N) is 1. The van der Waals surface area contributed by atoms with Crippen molar-refractivity contribution >= 4 is 30.6 Å². The van der Waals surface area contributed by atoms with E-state index < -0.39 is 0 Å². The number of hydrogen-bond acceptors (Lipinski definition) is 3. The van der Waals surface area contributed by atoms with E-state index >= 15 is 0 Å². The molecule has 1 aliphatic heterocycles. The predicted octanol–water partition coefficient (Wildman–Crippen LogP) is 1.65. The molecule has 1 N–H and O–H groups in total. The topological polar surface area (TPSA) is 61.9 Å². The van der Waals surface area contributed by atoms with Crippen LogP contribution in [0.15, 0.2) is 31.1 Å². The van der Waals surface area contributed by atoms with Crippen LogP contribution in [0.1, 0.15) is 12.1 Å². The minimum absolute atomic E-state index is 0. The summed E-state index contributed by atoms with van der Waals surface area (Å²) in [6, 6.07) is 1.92. The monoisotopic (exact) mass is 290 g/mol. The van der Waals surface area contributed by atoms with Crippen LogP contribution in [0.3, 0.4) is 0 Å². The van der Waals surface area contributed by atoms with Gasteiger partial charge in [0.2, 0.25) is 5.91 Å². The molecule has 0 radical (unpaired) electrons. The van der Waals surface area contributed by atoms with Crippen molar-refractivity contribution in [2.45, 2.75) is 12.8 Å². The summed E-state index contributed by atoms with van der Waals surface area (Å²) in [7, 11) is 0. The Morgan fingerprint density at radius 3 is 3.25 bits per heavy atom. The predicted molar refractivity (Wildman–Crippen MR) is 82.9 cm³/mol. The third-order valence-electron chi connectivity index (χ3n) is 3.58. The van der Waals surface area contributed by atoms with Gasteiger partial charge in [-0.3, -0.25) is 4.79 Å². The van der Waals surface area contributed by atoms with Gasteiger partial charge in [0.1, 0.15) is 5.52 Å². The molecule has 5 nitrogen and oxygen atoms in total. The number of H-pyrrole nitrogens is 1. The van der Waals surface area contributed by atoms with E-state index in [0.717, 1.165) is 42.8 Å². The lowest BCUT2D eigenvalue weighted by Gasteiger charge is -2.13. The smallest absolute Gasteiger partial charge is 0.245 e. The van der Waals surface area contributed by atoms with Crippen molar-refractivity contribution in [2.24, 2.45) is 5.92 Å². The summed E-state index contributed by atoms with van der Waals surface area (Å²) in [5, 5.41) is 0. The molecule has 2 aromatic heterocycles. The van der Waals surface area contributed by atoms with Gasteiger partial charge < -0.3 is 9.88 Å². The Morgan fingerprint density at radius 2 is 2.45 bits per heavy atom. The lowest BCUT2D eigenvalue weighted by atomic mass is 10.0. The van der Waals surface area contributed by atoms with Gasteiger partial charge >= 0.3 is 0 Å². The first-order valence-corrected chi connectivity index (χ1v) is 6.46. The van der Waals surface area contributed by atoms with Crippen LogP contribution in [0.25, 0.3) is 11.2 Å². The molecular formula is C14H18N4OS. The van der Waals surface area contributed by atoms with Crippen molar-refractivity contribution in [3.63, 3.8) is 0 Å². The van der Waals surface area contributed by atoms with E-state index in [1.807, 2.05) is 23.4 Å². The molecule has 1 fully saturated rings. The molecule has 1 aliphatic rings. The SMILES string of the molecule is C=CC(=O)N1CC[C@H](Cc2cnc3[nH]ccc3n2)C1.S. The maximum absolute atomic E-state index is 11.5. The number of nitrogens with zero attached hydrogens (tertiary/aromatic N) is 3. The number of carbonyl (C=O) groups is 1. The molecule has 0 spiro atoms. The number of likely N-dealkylation sites (tertiary alicyclic amines) is 1. The Hall–Kier alpha value is -1.82. The Kier molecular flexibility index (Phi) is 4.44. The second-order valence-corrected chi connectivity index (χ2v) is 4.92. The molecule has 0 bridgehead atoms. The average Bonchev–Trinajstić information content (AvgIpc) is 3.06. The van der Waals surface area contributed by atoms with Crippen LogP contribution in [0, 0.1) is 5.92 Å². The molecule has 1 amide bonds. The van der Waals surface area contributed by atoms with Crippen LogP contribution >= 0.6 is 13.5 Å². The maximum atomic E-state index is 11.5. The summed E-state index contributed by atoms with van der Waals surface area (Å²) in [6.45, 7) is 5.13. The van der Waals surface area contributed by atoms with Crippen molar-refractivity contribution in [1.82, 2.24) is 19.9 Å². The molecule has 6 heteroatoms. The molecule has 3 heterocycles. The van der Waals surface area contributed by atoms with Crippen LogP contribution in [0.4, 0.5) is 0 Å². The van der Waals surface area contributed by atoms with Crippen LogP contribution < -0.4 is 0 Å². The first kappa shape index (κ1) is 14.6. The summed E-state index contributed by atoms with van der Waals surface area (Å²) < 4.78 is 0. The summed E-state index contributed by atoms with van der Waals surface area (Å²) >= 11 is 0. The molecule has 0 aromatic carbocycles. The van der Waals surface area contributed by atoms with Gasteiger partial charge in [-0.25, -0.2) is 9.97 Å². The normalized spacial score (nSPS) is 18.0. The fraction of sp³-hybridized carbons (Fsp3) is 0.357. The van der Waals surface area contributed by atoms with Crippen molar-refractivity contribution in [1.29, 1.82) is 0 Å². The van der Waals surface area contributed by atoms with Gasteiger partial charge in [-0.15, -0.1) is 0 Å². The number of amides is 1. The van der Waals surface area contributed by atoms with E-state index in [0.29, 0.717) is 5.92 Å². The van der Waals surface area contributed by atoms with Crippen LogP contribution in [0.5, 0.6) is 0 Å². The number of aromatic amines is 1. The Labute approximate surface area is 124 Å². The Bertz CT molecular complexity index is 624. The fourth-order valence-corrected chi connectivity index (χ4v) is 2.59. The van der Waals surface area contributed by atoms with Gasteiger partial charge in [-0.2, -0.15) is 13.5 Å². The van der Waals surface area contributed by atoms with Gasteiger partial charge in [-0.1, -0.05) is 6.58 Å². The minimum atomic E-state index is 0. The second-order valence-electron chi connectivity index (χ2n) is 4.92. The molecule has 1 atom stereocenters. The number of rotatable bonds is 3. The van der Waals surface area contributed by atoms with Crippen molar-refractivity contribution in [2.75, 3.05) is 13.1 Å². The molecule has 1 saturated heterocycles. The molecule has 106 valence electrons. The standard InChI is InChI=1S/C14H16N4O.H2S/c1-2-13(19)18-6-4-10(9-18)7-11-8-16-14-12(17-11)3-5-15-14;/h2-3,5,8,10H,1,4,6-7,9H2,(H,15,16);1H2/t10-;/m1./s1. The summed E-state index contributed by atoms with van der Waals surface area (Å²) in [4.78, 5) is 25.3. The largest absolute Gasteiger partial charge is 0.345 e. The van der Waals surface area contributed by atoms with Gasteiger partial charge in [0.05, 0.1) is 11.9 Å². The van der Waals surface area contributed by atoms with E-state index in [1.165, 1.54) is 6.08 Å². The highest BCUT2D eigenvalue weighted by atomic mass is 32.1. The van der Waals surface area contributed by atoms with Crippen molar-refractivity contribution < 1.29 is 4.79 Å². The van der Waals surface area contributed by atoms with Crippen molar-refractivity contribution in [3.8, 4) is 0 Å². The Morgan fingerprint density at radius 1 is 1.60 bits per heavy atom. The fourth-order valence-electron chi connectivity index (χ4n) is 2.59. The van der Waals surface area contributed by atoms with E-state index in [1.54, 1.807) is 0 Å². The first-order valence-electron chi connectivity index (χ1n) is 6.46. The molecule has 20 heavy (non-hydrogen) atoms. The minimum Gasteiger partial charge on any atom is -0.345 e. The number of hydrogen-bond donors (Lipinski definition) is 1. The van der Waals surface area contributed by atoms with E-state index in [-0.39, 0.29) is 19.4 Å². The second kappa shape index (κ2) is 6.09. The zero-order chi connectivity index (χ0) is 13.2. The number of carbonyl (C=O) groups excluding carboxylic acids is 1. The van der Waals surface area contributed by atoms with Crippen LogP contribution in [0.2, 0.25) is 0 Å². The molecule has 0 aliphatic carbocycles. The average molecular weight is 290 g/mol. The highest BCUT2D eigenvalue weighted by Crippen LogP contribution is 2.20. The third kappa shape index (κ3) is 2.85. The van der Waals surface area contributed by atoms with Gasteiger partial charge in [-0.05, 0) is 30.9 Å². The van der Waals surface area contributed by atoms with Crippen LogP contribution in [-0.4, -0.2) is 38.8 Å². The lowest BCUT2D eigenvalue weighted by molar-refractivity contribution is -0.125. The maximum Gasteiger partial charge on any atom is 0.245 e. The highest BCUT2D eigenvalue weighted by molar-refractivity contribution is 7.59. The summed E-state index contributed by atoms with van der Waals surface area (Å²) in [6.07, 6.45) is 6.93. The highest BCUT2D eigenvalue weighted by Gasteiger charge is 2.25. The quantitative estimate of drug-likeness (QED) is 0.874. The van der Waals surface area contributed by atoms with E-state index in [4.69, 9.17) is 0 Å². The summed E-state index contributed by atoms with van der Waals surface area (Å²) in [5.41, 5.74) is 2.71. The van der Waals surface area contributed by atoms with Gasteiger partial charge in [0, 0.05) is 19.3 Å².